The first kappa shape index (κ1) is 7.67. The number of nitrogens with one attached hydrogen (secondary N) is 1. The van der Waals surface area contributed by atoms with Gasteiger partial charge in [-0.05, 0) is 12.3 Å². The van der Waals surface area contributed by atoms with Crippen LogP contribution in [0.5, 0.6) is 0 Å². The SMILES string of the molecule is CCc1nnc2n1NC(C)=CS2. The van der Waals surface area contributed by atoms with E-state index in [0.29, 0.717) is 0 Å². The Morgan fingerprint density at radius 2 is 2.42 bits per heavy atom. The third-order valence-electron chi connectivity index (χ3n) is 1.65. The predicted octanol–water partition coefficient (Wildman–Crippen LogP) is 1.35. The van der Waals surface area contributed by atoms with E-state index in [0.717, 1.165) is 23.1 Å². The maximum absolute atomic E-state index is 4.05. The number of fused-ring (bicyclic) bond motifs is 1. The smallest absolute Gasteiger partial charge is 0.214 e. The quantitative estimate of drug-likeness (QED) is 0.712. The average molecular weight is 182 g/mol. The lowest BCUT2D eigenvalue weighted by Gasteiger charge is -2.15. The molecule has 0 aromatic carbocycles. The summed E-state index contributed by atoms with van der Waals surface area (Å²) in [6.45, 7) is 4.09. The second-order valence-electron chi connectivity index (χ2n) is 2.62. The van der Waals surface area contributed by atoms with Crippen molar-refractivity contribution in [2.75, 3.05) is 5.43 Å². The molecule has 0 saturated carbocycles. The topological polar surface area (TPSA) is 42.7 Å². The summed E-state index contributed by atoms with van der Waals surface area (Å²) in [5.74, 6) is 0.977. The molecular formula is C7H10N4S. The number of thioether (sulfide) groups is 1. The fraction of sp³-hybridized carbons (Fsp3) is 0.429. The lowest BCUT2D eigenvalue weighted by molar-refractivity contribution is 0.751. The molecule has 64 valence electrons. The highest BCUT2D eigenvalue weighted by Crippen LogP contribution is 2.22. The van der Waals surface area contributed by atoms with Crippen LogP contribution < -0.4 is 5.43 Å². The van der Waals surface area contributed by atoms with Crippen LogP contribution in [0.2, 0.25) is 0 Å². The molecule has 12 heavy (non-hydrogen) atoms. The van der Waals surface area contributed by atoms with E-state index in [-0.39, 0.29) is 0 Å². The van der Waals surface area contributed by atoms with Gasteiger partial charge in [-0.3, -0.25) is 5.43 Å². The Bertz CT molecular complexity index is 328. The molecular weight excluding hydrogens is 172 g/mol. The van der Waals surface area contributed by atoms with Crippen molar-refractivity contribution in [3.63, 3.8) is 0 Å². The molecule has 1 aromatic rings. The predicted molar refractivity (Wildman–Crippen MR) is 48.4 cm³/mol. The fourth-order valence-electron chi connectivity index (χ4n) is 1.06. The van der Waals surface area contributed by atoms with Crippen LogP contribution in [0.4, 0.5) is 0 Å². The molecule has 0 radical (unpaired) electrons. The summed E-state index contributed by atoms with van der Waals surface area (Å²) >= 11 is 1.60. The standard InChI is InChI=1S/C7H10N4S/c1-3-6-8-9-7-11(6)10-5(2)4-12-7/h4,10H,3H2,1-2H3. The number of allylic oxidation sites excluding steroid dienone is 1. The van der Waals surface area contributed by atoms with Crippen molar-refractivity contribution >= 4 is 11.8 Å². The van der Waals surface area contributed by atoms with Crippen molar-refractivity contribution in [1.29, 1.82) is 0 Å². The molecule has 0 spiro atoms. The van der Waals surface area contributed by atoms with E-state index in [1.165, 1.54) is 0 Å². The third kappa shape index (κ3) is 1.10. The summed E-state index contributed by atoms with van der Waals surface area (Å²) in [7, 11) is 0. The number of rotatable bonds is 1. The molecule has 1 N–H and O–H groups in total. The molecule has 1 aliphatic heterocycles. The van der Waals surface area contributed by atoms with Crippen molar-refractivity contribution in [2.45, 2.75) is 25.4 Å². The number of aryl methyl sites for hydroxylation is 1. The van der Waals surface area contributed by atoms with Crippen LogP contribution in [0.25, 0.3) is 0 Å². The summed E-state index contributed by atoms with van der Waals surface area (Å²) in [5.41, 5.74) is 4.32. The van der Waals surface area contributed by atoms with Gasteiger partial charge < -0.3 is 0 Å². The van der Waals surface area contributed by atoms with Crippen LogP contribution in [0.3, 0.4) is 0 Å². The van der Waals surface area contributed by atoms with Crippen LogP contribution in [0.15, 0.2) is 16.3 Å². The van der Waals surface area contributed by atoms with Gasteiger partial charge in [-0.1, -0.05) is 18.7 Å². The van der Waals surface area contributed by atoms with Gasteiger partial charge in [0.1, 0.15) is 0 Å². The Morgan fingerprint density at radius 3 is 3.17 bits per heavy atom. The molecule has 2 rings (SSSR count). The lowest BCUT2D eigenvalue weighted by Crippen LogP contribution is -2.18. The zero-order valence-corrected chi connectivity index (χ0v) is 7.85. The molecule has 1 aliphatic rings. The first-order valence-corrected chi connectivity index (χ1v) is 4.74. The minimum atomic E-state index is 0.897. The molecule has 4 nitrogen and oxygen atoms in total. The van der Waals surface area contributed by atoms with E-state index in [4.69, 9.17) is 0 Å². The molecule has 5 heteroatoms. The van der Waals surface area contributed by atoms with Gasteiger partial charge in [0, 0.05) is 12.1 Å². The van der Waals surface area contributed by atoms with Gasteiger partial charge in [-0.15, -0.1) is 10.2 Å². The molecule has 0 unspecified atom stereocenters. The Hall–Kier alpha value is -0.970. The molecule has 0 saturated heterocycles. The van der Waals surface area contributed by atoms with Crippen molar-refractivity contribution in [3.05, 3.63) is 16.9 Å². The number of hydrogen-bond donors (Lipinski definition) is 1. The second-order valence-corrected chi connectivity index (χ2v) is 3.45. The first-order chi connectivity index (χ1) is 5.81. The molecule has 2 heterocycles. The number of nitrogens with zero attached hydrogens (tertiary/aromatic N) is 3. The monoisotopic (exact) mass is 182 g/mol. The molecule has 0 fully saturated rings. The Labute approximate surface area is 75.0 Å². The Kier molecular flexibility index (Phi) is 1.80. The zero-order valence-electron chi connectivity index (χ0n) is 7.03. The van der Waals surface area contributed by atoms with Gasteiger partial charge in [0.25, 0.3) is 0 Å². The largest absolute Gasteiger partial charge is 0.295 e. The van der Waals surface area contributed by atoms with Gasteiger partial charge in [0.05, 0.1) is 0 Å². The normalized spacial score (nSPS) is 15.0. The van der Waals surface area contributed by atoms with Crippen LogP contribution in [-0.4, -0.2) is 14.9 Å². The van der Waals surface area contributed by atoms with Crippen molar-refractivity contribution in [3.8, 4) is 0 Å². The maximum Gasteiger partial charge on any atom is 0.214 e. The molecule has 0 bridgehead atoms. The molecule has 0 aliphatic carbocycles. The van der Waals surface area contributed by atoms with Crippen molar-refractivity contribution < 1.29 is 0 Å². The fourth-order valence-corrected chi connectivity index (χ4v) is 1.74. The summed E-state index contributed by atoms with van der Waals surface area (Å²) in [4.78, 5) is 0. The van der Waals surface area contributed by atoms with Gasteiger partial charge >= 0.3 is 0 Å². The Morgan fingerprint density at radius 1 is 1.58 bits per heavy atom. The van der Waals surface area contributed by atoms with Gasteiger partial charge in [-0.25, -0.2) is 4.68 Å². The number of hydrogen-bond acceptors (Lipinski definition) is 4. The third-order valence-corrected chi connectivity index (χ3v) is 2.59. The van der Waals surface area contributed by atoms with Gasteiger partial charge in [-0.2, -0.15) is 0 Å². The first-order valence-electron chi connectivity index (χ1n) is 3.86. The maximum atomic E-state index is 4.05. The highest BCUT2D eigenvalue weighted by atomic mass is 32.2. The van der Waals surface area contributed by atoms with Gasteiger partial charge in [0.2, 0.25) is 5.16 Å². The summed E-state index contributed by atoms with van der Waals surface area (Å²) in [5, 5.41) is 11.0. The van der Waals surface area contributed by atoms with Crippen molar-refractivity contribution in [2.24, 2.45) is 0 Å². The second kappa shape index (κ2) is 2.82. The van der Waals surface area contributed by atoms with Crippen LogP contribution in [0, 0.1) is 0 Å². The highest BCUT2D eigenvalue weighted by Gasteiger charge is 2.13. The Balaban J connectivity index is 2.39. The minimum Gasteiger partial charge on any atom is -0.295 e. The summed E-state index contributed by atoms with van der Waals surface area (Å²) < 4.78 is 1.93. The summed E-state index contributed by atoms with van der Waals surface area (Å²) in [6, 6.07) is 0. The van der Waals surface area contributed by atoms with Crippen LogP contribution >= 0.6 is 11.8 Å². The van der Waals surface area contributed by atoms with Crippen molar-refractivity contribution in [1.82, 2.24) is 14.9 Å². The van der Waals surface area contributed by atoms with E-state index in [1.54, 1.807) is 11.8 Å². The average Bonchev–Trinajstić information content (AvgIpc) is 2.46. The van der Waals surface area contributed by atoms with Crippen LogP contribution in [-0.2, 0) is 6.42 Å². The van der Waals surface area contributed by atoms with E-state index in [2.05, 4.69) is 22.5 Å². The molecule has 0 atom stereocenters. The lowest BCUT2D eigenvalue weighted by atomic mass is 10.5. The van der Waals surface area contributed by atoms with E-state index in [9.17, 15) is 0 Å². The van der Waals surface area contributed by atoms with Crippen LogP contribution in [0.1, 0.15) is 19.7 Å². The minimum absolute atomic E-state index is 0.897. The highest BCUT2D eigenvalue weighted by molar-refractivity contribution is 8.02. The van der Waals surface area contributed by atoms with E-state index >= 15 is 0 Å². The van der Waals surface area contributed by atoms with E-state index < -0.39 is 0 Å². The van der Waals surface area contributed by atoms with Gasteiger partial charge in [0.15, 0.2) is 5.82 Å². The molecule has 1 aromatic heterocycles. The van der Waals surface area contributed by atoms with E-state index in [1.807, 2.05) is 17.0 Å². The summed E-state index contributed by atoms with van der Waals surface area (Å²) in [6.07, 6.45) is 0.897. The number of aromatic nitrogens is 3. The zero-order chi connectivity index (χ0) is 8.55. The molecule has 0 amide bonds.